The van der Waals surface area contributed by atoms with E-state index in [0.29, 0.717) is 43.9 Å². The fourth-order valence-electron chi connectivity index (χ4n) is 4.14. The highest BCUT2D eigenvalue weighted by atomic mass is 32.2. The van der Waals surface area contributed by atoms with E-state index < -0.39 is 10.0 Å². The second-order valence-electron chi connectivity index (χ2n) is 8.04. The van der Waals surface area contributed by atoms with Gasteiger partial charge in [0.25, 0.3) is 5.91 Å². The molecule has 2 aliphatic rings. The summed E-state index contributed by atoms with van der Waals surface area (Å²) in [5.74, 6) is -0.297. The molecule has 0 unspecified atom stereocenters. The third kappa shape index (κ3) is 4.63. The zero-order valence-electron chi connectivity index (χ0n) is 18.0. The fourth-order valence-corrected chi connectivity index (χ4v) is 5.69. The van der Waals surface area contributed by atoms with E-state index in [-0.39, 0.29) is 35.8 Å². The van der Waals surface area contributed by atoms with E-state index in [0.717, 1.165) is 5.56 Å². The van der Waals surface area contributed by atoms with Gasteiger partial charge in [-0.25, -0.2) is 8.42 Å². The second kappa shape index (κ2) is 9.30. The summed E-state index contributed by atoms with van der Waals surface area (Å²) in [5.41, 5.74) is 1.38. The van der Waals surface area contributed by atoms with Gasteiger partial charge >= 0.3 is 0 Å². The zero-order valence-corrected chi connectivity index (χ0v) is 18.8. The number of hydrogen-bond donors (Lipinski definition) is 1. The lowest BCUT2D eigenvalue weighted by Gasteiger charge is -2.34. The molecule has 0 aliphatic carbocycles. The van der Waals surface area contributed by atoms with Gasteiger partial charge in [0.15, 0.2) is 6.61 Å². The molecule has 2 heterocycles. The Bertz CT molecular complexity index is 1100. The minimum absolute atomic E-state index is 0.0256. The molecule has 0 spiro atoms. The van der Waals surface area contributed by atoms with Crippen LogP contribution in [-0.2, 0) is 26.2 Å². The van der Waals surface area contributed by atoms with Gasteiger partial charge in [-0.2, -0.15) is 4.31 Å². The fraction of sp³-hybridized carbons (Fsp3) is 0.391. The van der Waals surface area contributed by atoms with Crippen LogP contribution in [-0.4, -0.2) is 55.7 Å². The lowest BCUT2D eigenvalue weighted by molar-refractivity contribution is -0.137. The largest absolute Gasteiger partial charge is 0.482 e. The maximum atomic E-state index is 13.3. The Morgan fingerprint density at radius 1 is 1.22 bits per heavy atom. The zero-order chi connectivity index (χ0) is 22.7. The van der Waals surface area contributed by atoms with E-state index in [9.17, 15) is 18.0 Å². The van der Waals surface area contributed by atoms with Gasteiger partial charge in [-0.1, -0.05) is 30.3 Å². The lowest BCUT2D eigenvalue weighted by atomic mass is 9.98. The van der Waals surface area contributed by atoms with Crippen LogP contribution in [0.3, 0.4) is 0 Å². The first-order chi connectivity index (χ1) is 15.4. The number of benzene rings is 2. The molecule has 32 heavy (non-hydrogen) atoms. The summed E-state index contributed by atoms with van der Waals surface area (Å²) < 4.78 is 33.3. The minimum Gasteiger partial charge on any atom is -0.482 e. The van der Waals surface area contributed by atoms with Crippen LogP contribution in [0.2, 0.25) is 0 Å². The van der Waals surface area contributed by atoms with Gasteiger partial charge in [0.05, 0.1) is 16.5 Å². The van der Waals surface area contributed by atoms with Crippen LogP contribution in [0.5, 0.6) is 5.75 Å². The molecular weight excluding hydrogens is 430 g/mol. The van der Waals surface area contributed by atoms with Crippen molar-refractivity contribution in [1.82, 2.24) is 9.21 Å². The number of carbonyl (C=O) groups excluding carboxylic acids is 2. The number of amides is 2. The summed E-state index contributed by atoms with van der Waals surface area (Å²) in [7, 11) is -3.81. The van der Waals surface area contributed by atoms with Gasteiger partial charge in [-0.15, -0.1) is 0 Å². The van der Waals surface area contributed by atoms with Crippen LogP contribution in [0.1, 0.15) is 25.3 Å². The Morgan fingerprint density at radius 3 is 2.75 bits per heavy atom. The molecule has 9 heteroatoms. The number of nitrogens with one attached hydrogen (secondary N) is 1. The number of carbonyl (C=O) groups is 2. The molecule has 4 rings (SSSR count). The van der Waals surface area contributed by atoms with Crippen molar-refractivity contribution >= 4 is 27.5 Å². The van der Waals surface area contributed by atoms with Crippen molar-refractivity contribution in [2.45, 2.75) is 31.2 Å². The van der Waals surface area contributed by atoms with Gasteiger partial charge in [0.1, 0.15) is 5.75 Å². The van der Waals surface area contributed by atoms with Gasteiger partial charge in [-0.3, -0.25) is 9.59 Å². The summed E-state index contributed by atoms with van der Waals surface area (Å²) in [6.07, 6.45) is 1.27. The van der Waals surface area contributed by atoms with Crippen molar-refractivity contribution in [3.8, 4) is 5.75 Å². The average Bonchev–Trinajstić information content (AvgIpc) is 2.82. The molecule has 2 aliphatic heterocycles. The number of piperidine rings is 1. The molecule has 2 aromatic rings. The Hall–Kier alpha value is -2.91. The van der Waals surface area contributed by atoms with Crippen molar-refractivity contribution in [1.29, 1.82) is 0 Å². The number of anilines is 1. The summed E-state index contributed by atoms with van der Waals surface area (Å²) in [6.45, 7) is 3.41. The third-order valence-electron chi connectivity index (χ3n) is 5.86. The molecule has 0 bridgehead atoms. The molecule has 0 radical (unpaired) electrons. The maximum absolute atomic E-state index is 13.3. The smallest absolute Gasteiger partial charge is 0.262 e. The predicted molar refractivity (Wildman–Crippen MR) is 120 cm³/mol. The van der Waals surface area contributed by atoms with Crippen LogP contribution in [0.4, 0.5) is 5.69 Å². The van der Waals surface area contributed by atoms with Crippen molar-refractivity contribution in [2.24, 2.45) is 5.92 Å². The highest BCUT2D eigenvalue weighted by molar-refractivity contribution is 7.89. The Kier molecular flexibility index (Phi) is 6.48. The van der Waals surface area contributed by atoms with Crippen molar-refractivity contribution in [2.75, 3.05) is 31.6 Å². The number of sulfonamides is 1. The first kappa shape index (κ1) is 22.3. The van der Waals surface area contributed by atoms with E-state index in [1.165, 1.54) is 16.4 Å². The van der Waals surface area contributed by atoms with E-state index in [2.05, 4.69) is 5.32 Å². The monoisotopic (exact) mass is 457 g/mol. The van der Waals surface area contributed by atoms with Crippen molar-refractivity contribution in [3.63, 3.8) is 0 Å². The topological polar surface area (TPSA) is 96.0 Å². The van der Waals surface area contributed by atoms with Gasteiger partial charge in [-0.05, 0) is 43.5 Å². The van der Waals surface area contributed by atoms with Gasteiger partial charge in [0.2, 0.25) is 15.9 Å². The summed E-state index contributed by atoms with van der Waals surface area (Å²) in [4.78, 5) is 26.7. The number of fused-ring (bicyclic) bond motifs is 1. The first-order valence-corrected chi connectivity index (χ1v) is 12.2. The van der Waals surface area contributed by atoms with E-state index in [4.69, 9.17) is 4.74 Å². The lowest BCUT2D eigenvalue weighted by Crippen LogP contribution is -2.46. The normalized spacial score (nSPS) is 18.9. The predicted octanol–water partition coefficient (Wildman–Crippen LogP) is 2.47. The van der Waals surface area contributed by atoms with Crippen LogP contribution < -0.4 is 10.1 Å². The maximum Gasteiger partial charge on any atom is 0.262 e. The van der Waals surface area contributed by atoms with Gasteiger partial charge < -0.3 is 15.0 Å². The Balaban J connectivity index is 1.50. The van der Waals surface area contributed by atoms with E-state index >= 15 is 0 Å². The van der Waals surface area contributed by atoms with Crippen molar-refractivity contribution < 1.29 is 22.7 Å². The molecule has 2 aromatic carbocycles. The quantitative estimate of drug-likeness (QED) is 0.719. The standard InChI is InChI=1S/C23H27N3O5S/c1-2-25(14-17-7-4-3-5-8-17)23(28)18-9-6-12-26(15-18)32(29,30)19-10-11-21-20(13-19)24-22(27)16-31-21/h3-5,7-8,10-11,13,18H,2,6,9,12,14-16H2,1H3,(H,24,27)/t18-/m0/s1. The number of rotatable bonds is 6. The highest BCUT2D eigenvalue weighted by Crippen LogP contribution is 2.32. The molecule has 8 nitrogen and oxygen atoms in total. The molecule has 1 saturated heterocycles. The first-order valence-electron chi connectivity index (χ1n) is 10.8. The summed E-state index contributed by atoms with van der Waals surface area (Å²) in [6, 6.07) is 14.2. The van der Waals surface area contributed by atoms with Crippen molar-refractivity contribution in [3.05, 3.63) is 54.1 Å². The minimum atomic E-state index is -3.81. The van der Waals surface area contributed by atoms with Crippen LogP contribution in [0.25, 0.3) is 0 Å². The molecule has 1 fully saturated rings. The SMILES string of the molecule is CCN(Cc1ccccc1)C(=O)[C@H]1CCCN(S(=O)(=O)c2ccc3c(c2)NC(=O)CO3)C1. The van der Waals surface area contributed by atoms with Gasteiger partial charge in [0, 0.05) is 26.2 Å². The molecule has 1 N–H and O–H groups in total. The molecule has 0 aromatic heterocycles. The molecule has 2 amide bonds. The van der Waals surface area contributed by atoms with E-state index in [1.807, 2.05) is 37.3 Å². The van der Waals surface area contributed by atoms with E-state index in [1.54, 1.807) is 11.0 Å². The number of nitrogens with zero attached hydrogens (tertiary/aromatic N) is 2. The Morgan fingerprint density at radius 2 is 2.00 bits per heavy atom. The highest BCUT2D eigenvalue weighted by Gasteiger charge is 2.35. The number of hydrogen-bond acceptors (Lipinski definition) is 5. The molecule has 0 saturated carbocycles. The Labute approximate surface area is 188 Å². The molecular formula is C23H27N3O5S. The average molecular weight is 458 g/mol. The van der Waals surface area contributed by atoms with Crippen LogP contribution in [0, 0.1) is 5.92 Å². The second-order valence-corrected chi connectivity index (χ2v) is 9.97. The number of ether oxygens (including phenoxy) is 1. The van der Waals surface area contributed by atoms with Crippen LogP contribution in [0.15, 0.2) is 53.4 Å². The summed E-state index contributed by atoms with van der Waals surface area (Å²) in [5, 5.41) is 2.64. The molecule has 1 atom stereocenters. The third-order valence-corrected chi connectivity index (χ3v) is 7.73. The van der Waals surface area contributed by atoms with Crippen LogP contribution >= 0.6 is 0 Å². The molecule has 170 valence electrons. The summed E-state index contributed by atoms with van der Waals surface area (Å²) >= 11 is 0.